The van der Waals surface area contributed by atoms with Crippen LogP contribution in [0, 0.1) is 11.7 Å². The van der Waals surface area contributed by atoms with Gasteiger partial charge in [0.2, 0.25) is 5.91 Å². The molecule has 1 saturated carbocycles. The van der Waals surface area contributed by atoms with Crippen molar-refractivity contribution in [2.45, 2.75) is 12.8 Å². The third-order valence-corrected chi connectivity index (χ3v) is 3.57. The zero-order chi connectivity index (χ0) is 14.8. The number of hydrogen-bond donors (Lipinski definition) is 1. The standard InChI is InChI=1S/C17H14FNO2/c18-15-9-12(7-8-13(15)10-20)14-3-1-2-4-16(14)19-17(21)11-5-6-11/h1-4,7-11H,5-6H2,(H,19,21). The number of aldehydes is 1. The van der Waals surface area contributed by atoms with Crippen LogP contribution in [0.5, 0.6) is 0 Å². The third kappa shape index (κ3) is 2.84. The van der Waals surface area contributed by atoms with Crippen molar-refractivity contribution in [1.82, 2.24) is 0 Å². The summed E-state index contributed by atoms with van der Waals surface area (Å²) in [5.41, 5.74) is 2.05. The molecule has 1 fully saturated rings. The lowest BCUT2D eigenvalue weighted by atomic mass is 10.0. The molecule has 1 amide bonds. The van der Waals surface area contributed by atoms with E-state index in [1.165, 1.54) is 12.1 Å². The Labute approximate surface area is 121 Å². The summed E-state index contributed by atoms with van der Waals surface area (Å²) in [6.07, 6.45) is 2.34. The minimum Gasteiger partial charge on any atom is -0.325 e. The van der Waals surface area contributed by atoms with Crippen molar-refractivity contribution < 1.29 is 14.0 Å². The number of benzene rings is 2. The Morgan fingerprint density at radius 2 is 1.95 bits per heavy atom. The highest BCUT2D eigenvalue weighted by atomic mass is 19.1. The van der Waals surface area contributed by atoms with Crippen molar-refractivity contribution in [3.63, 3.8) is 0 Å². The van der Waals surface area contributed by atoms with Crippen molar-refractivity contribution in [2.24, 2.45) is 5.92 Å². The maximum atomic E-state index is 13.7. The van der Waals surface area contributed by atoms with E-state index in [1.807, 2.05) is 18.2 Å². The summed E-state index contributed by atoms with van der Waals surface area (Å²) in [6, 6.07) is 11.7. The maximum absolute atomic E-state index is 13.7. The molecule has 2 aromatic rings. The van der Waals surface area contributed by atoms with Crippen LogP contribution in [0.3, 0.4) is 0 Å². The lowest BCUT2D eigenvalue weighted by Crippen LogP contribution is -2.13. The highest BCUT2D eigenvalue weighted by Crippen LogP contribution is 2.33. The van der Waals surface area contributed by atoms with Gasteiger partial charge in [-0.05, 0) is 36.6 Å². The Hall–Kier alpha value is -2.49. The molecule has 0 heterocycles. The number of anilines is 1. The first-order valence-electron chi connectivity index (χ1n) is 6.84. The minimum atomic E-state index is -0.564. The van der Waals surface area contributed by atoms with Gasteiger partial charge in [0, 0.05) is 17.2 Å². The second kappa shape index (κ2) is 5.48. The van der Waals surface area contributed by atoms with Crippen LogP contribution < -0.4 is 5.32 Å². The van der Waals surface area contributed by atoms with Gasteiger partial charge >= 0.3 is 0 Å². The molecular formula is C17H14FNO2. The monoisotopic (exact) mass is 283 g/mol. The summed E-state index contributed by atoms with van der Waals surface area (Å²) in [5.74, 6) is -0.453. The molecule has 0 spiro atoms. The molecule has 0 aromatic heterocycles. The fourth-order valence-corrected chi connectivity index (χ4v) is 2.21. The Morgan fingerprint density at radius 3 is 2.62 bits per heavy atom. The molecular weight excluding hydrogens is 269 g/mol. The quantitative estimate of drug-likeness (QED) is 0.870. The molecule has 106 valence electrons. The summed E-state index contributed by atoms with van der Waals surface area (Å²) in [6.45, 7) is 0. The molecule has 3 rings (SSSR count). The first-order chi connectivity index (χ1) is 10.2. The zero-order valence-electron chi connectivity index (χ0n) is 11.3. The van der Waals surface area contributed by atoms with Gasteiger partial charge in [-0.2, -0.15) is 0 Å². The fraction of sp³-hybridized carbons (Fsp3) is 0.176. The van der Waals surface area contributed by atoms with Crippen LogP contribution in [-0.2, 0) is 4.79 Å². The molecule has 4 heteroatoms. The van der Waals surface area contributed by atoms with E-state index in [0.717, 1.165) is 18.4 Å². The Kier molecular flexibility index (Phi) is 3.52. The highest BCUT2D eigenvalue weighted by Gasteiger charge is 2.29. The molecule has 0 radical (unpaired) electrons. The SMILES string of the molecule is O=Cc1ccc(-c2ccccc2NC(=O)C2CC2)cc1F. The molecule has 0 atom stereocenters. The molecule has 1 aliphatic carbocycles. The van der Waals surface area contributed by atoms with Crippen LogP contribution in [-0.4, -0.2) is 12.2 Å². The molecule has 1 aliphatic rings. The predicted molar refractivity (Wildman–Crippen MR) is 78.6 cm³/mol. The van der Waals surface area contributed by atoms with Crippen molar-refractivity contribution in [3.05, 3.63) is 53.8 Å². The molecule has 0 aliphatic heterocycles. The molecule has 0 bridgehead atoms. The Morgan fingerprint density at radius 1 is 1.19 bits per heavy atom. The Bertz CT molecular complexity index is 708. The fourth-order valence-electron chi connectivity index (χ4n) is 2.21. The number of carbonyl (C=O) groups excluding carboxylic acids is 2. The van der Waals surface area contributed by atoms with Gasteiger partial charge < -0.3 is 5.32 Å². The van der Waals surface area contributed by atoms with Crippen LogP contribution >= 0.6 is 0 Å². The normalized spacial score (nSPS) is 13.8. The molecule has 2 aromatic carbocycles. The minimum absolute atomic E-state index is 0.00688. The van der Waals surface area contributed by atoms with Crippen LogP contribution in [0.25, 0.3) is 11.1 Å². The zero-order valence-corrected chi connectivity index (χ0v) is 11.3. The van der Waals surface area contributed by atoms with E-state index in [9.17, 15) is 14.0 Å². The molecule has 0 saturated heterocycles. The van der Waals surface area contributed by atoms with Gasteiger partial charge in [-0.15, -0.1) is 0 Å². The average molecular weight is 283 g/mol. The van der Waals surface area contributed by atoms with Crippen molar-refractivity contribution in [2.75, 3.05) is 5.32 Å². The maximum Gasteiger partial charge on any atom is 0.227 e. The van der Waals surface area contributed by atoms with Crippen molar-refractivity contribution in [1.29, 1.82) is 0 Å². The van der Waals surface area contributed by atoms with Crippen LogP contribution in [0.2, 0.25) is 0 Å². The van der Waals surface area contributed by atoms with Gasteiger partial charge in [0.15, 0.2) is 6.29 Å². The van der Waals surface area contributed by atoms with E-state index in [4.69, 9.17) is 0 Å². The lowest BCUT2D eigenvalue weighted by Gasteiger charge is -2.11. The average Bonchev–Trinajstić information content (AvgIpc) is 3.32. The number of hydrogen-bond acceptors (Lipinski definition) is 2. The van der Waals surface area contributed by atoms with Crippen LogP contribution in [0.1, 0.15) is 23.2 Å². The van der Waals surface area contributed by atoms with Gasteiger partial charge in [0.25, 0.3) is 0 Å². The largest absolute Gasteiger partial charge is 0.325 e. The summed E-state index contributed by atoms with van der Waals surface area (Å²) in [5, 5.41) is 2.89. The van der Waals surface area contributed by atoms with E-state index in [0.29, 0.717) is 17.5 Å². The molecule has 21 heavy (non-hydrogen) atoms. The predicted octanol–water partition coefficient (Wildman–Crippen LogP) is 3.65. The van der Waals surface area contributed by atoms with Crippen LogP contribution in [0.4, 0.5) is 10.1 Å². The highest BCUT2D eigenvalue weighted by molar-refractivity contribution is 5.98. The first-order valence-corrected chi connectivity index (χ1v) is 6.84. The second-order valence-electron chi connectivity index (χ2n) is 5.16. The topological polar surface area (TPSA) is 46.2 Å². The number of amides is 1. The van der Waals surface area contributed by atoms with Gasteiger partial charge in [-0.25, -0.2) is 4.39 Å². The second-order valence-corrected chi connectivity index (χ2v) is 5.16. The third-order valence-electron chi connectivity index (χ3n) is 3.57. The lowest BCUT2D eigenvalue weighted by molar-refractivity contribution is -0.117. The van der Waals surface area contributed by atoms with E-state index < -0.39 is 5.82 Å². The molecule has 1 N–H and O–H groups in total. The number of rotatable bonds is 4. The van der Waals surface area contributed by atoms with Gasteiger partial charge in [0.05, 0.1) is 5.56 Å². The summed E-state index contributed by atoms with van der Waals surface area (Å²) < 4.78 is 13.7. The van der Waals surface area contributed by atoms with Crippen molar-refractivity contribution in [3.8, 4) is 11.1 Å². The number of para-hydroxylation sites is 1. The van der Waals surface area contributed by atoms with Crippen molar-refractivity contribution >= 4 is 17.9 Å². The summed E-state index contributed by atoms with van der Waals surface area (Å²) >= 11 is 0. The van der Waals surface area contributed by atoms with Gasteiger partial charge in [-0.1, -0.05) is 24.3 Å². The summed E-state index contributed by atoms with van der Waals surface area (Å²) in [7, 11) is 0. The van der Waals surface area contributed by atoms with E-state index in [-0.39, 0.29) is 17.4 Å². The smallest absolute Gasteiger partial charge is 0.227 e. The van der Waals surface area contributed by atoms with Crippen LogP contribution in [0.15, 0.2) is 42.5 Å². The summed E-state index contributed by atoms with van der Waals surface area (Å²) in [4.78, 5) is 22.6. The van der Waals surface area contributed by atoms with E-state index >= 15 is 0 Å². The number of halogens is 1. The number of carbonyl (C=O) groups is 2. The Balaban J connectivity index is 1.95. The first kappa shape index (κ1) is 13.5. The van der Waals surface area contributed by atoms with E-state index in [1.54, 1.807) is 12.1 Å². The van der Waals surface area contributed by atoms with Gasteiger partial charge in [0.1, 0.15) is 5.82 Å². The van der Waals surface area contributed by atoms with E-state index in [2.05, 4.69) is 5.32 Å². The number of nitrogens with one attached hydrogen (secondary N) is 1. The molecule has 0 unspecified atom stereocenters. The molecule has 3 nitrogen and oxygen atoms in total. The van der Waals surface area contributed by atoms with Gasteiger partial charge in [-0.3, -0.25) is 9.59 Å².